The molecule has 2 aromatic rings. The van der Waals surface area contributed by atoms with Crippen molar-refractivity contribution in [3.8, 4) is 11.4 Å². The number of tetrazole rings is 1. The Morgan fingerprint density at radius 3 is 2.80 bits per heavy atom. The van der Waals surface area contributed by atoms with Gasteiger partial charge >= 0.3 is 5.97 Å². The maximum Gasteiger partial charge on any atom is 0.311 e. The largest absolute Gasteiger partial charge is 0.481 e. The number of nitrogens with zero attached hydrogens (tertiary/aromatic N) is 4. The summed E-state index contributed by atoms with van der Waals surface area (Å²) in [7, 11) is 0. The highest BCUT2D eigenvalue weighted by atomic mass is 19.1. The maximum atomic E-state index is 13.7. The van der Waals surface area contributed by atoms with Crippen molar-refractivity contribution in [2.75, 3.05) is 0 Å². The molecule has 20 heavy (non-hydrogen) atoms. The molecule has 1 aromatic carbocycles. The summed E-state index contributed by atoms with van der Waals surface area (Å²) in [5, 5.41) is 19.9. The van der Waals surface area contributed by atoms with E-state index in [4.69, 9.17) is 5.11 Å². The lowest BCUT2D eigenvalue weighted by atomic mass is 10.1. The molecule has 8 heteroatoms. The van der Waals surface area contributed by atoms with E-state index < -0.39 is 23.0 Å². The number of aromatic nitrogens is 4. The Bertz CT molecular complexity index is 682. The molecule has 0 amide bonds. The summed E-state index contributed by atoms with van der Waals surface area (Å²) in [5.41, 5.74) is -0.982. The van der Waals surface area contributed by atoms with E-state index in [9.17, 15) is 13.6 Å². The normalized spacial score (nSPS) is 16.1. The second kappa shape index (κ2) is 4.32. The molecular weight excluding hydrogens is 270 g/mol. The average molecular weight is 280 g/mol. The Morgan fingerprint density at radius 1 is 1.40 bits per heavy atom. The Morgan fingerprint density at radius 2 is 2.15 bits per heavy atom. The molecule has 0 radical (unpaired) electrons. The lowest BCUT2D eigenvalue weighted by molar-refractivity contribution is -0.144. The molecule has 1 aromatic heterocycles. The highest BCUT2D eigenvalue weighted by molar-refractivity contribution is 5.77. The number of hydrogen-bond donors (Lipinski definition) is 1. The minimum atomic E-state index is -0.932. The first-order chi connectivity index (χ1) is 9.52. The minimum absolute atomic E-state index is 0.0227. The smallest absolute Gasteiger partial charge is 0.311 e. The minimum Gasteiger partial charge on any atom is -0.481 e. The van der Waals surface area contributed by atoms with Crippen molar-refractivity contribution in [1.82, 2.24) is 20.2 Å². The van der Waals surface area contributed by atoms with Crippen molar-refractivity contribution in [3.63, 3.8) is 0 Å². The standard InChI is InChI=1S/C12H10F2N4O2/c13-7-1-2-9(14)8(5-7)10-15-16-17-18(10)6-12(3-4-12)11(19)20/h1-2,5H,3-4,6H2,(H,19,20). The lowest BCUT2D eigenvalue weighted by Gasteiger charge is -2.11. The van der Waals surface area contributed by atoms with E-state index in [0.717, 1.165) is 18.2 Å². The highest BCUT2D eigenvalue weighted by Gasteiger charge is 2.51. The lowest BCUT2D eigenvalue weighted by Crippen LogP contribution is -2.22. The molecule has 0 atom stereocenters. The van der Waals surface area contributed by atoms with Gasteiger partial charge in [0.1, 0.15) is 11.6 Å². The molecular formula is C12H10F2N4O2. The van der Waals surface area contributed by atoms with Crippen LogP contribution in [0, 0.1) is 17.0 Å². The first kappa shape index (κ1) is 12.6. The number of rotatable bonds is 4. The monoisotopic (exact) mass is 280 g/mol. The van der Waals surface area contributed by atoms with Crippen molar-refractivity contribution in [3.05, 3.63) is 29.8 Å². The van der Waals surface area contributed by atoms with E-state index >= 15 is 0 Å². The van der Waals surface area contributed by atoms with Crippen LogP contribution in [-0.2, 0) is 11.3 Å². The van der Waals surface area contributed by atoms with E-state index in [0.29, 0.717) is 12.8 Å². The fraction of sp³-hybridized carbons (Fsp3) is 0.333. The third kappa shape index (κ3) is 2.02. The van der Waals surface area contributed by atoms with E-state index in [1.165, 1.54) is 4.68 Å². The molecule has 104 valence electrons. The predicted molar refractivity (Wildman–Crippen MR) is 62.5 cm³/mol. The van der Waals surface area contributed by atoms with Gasteiger partial charge in [0.25, 0.3) is 0 Å². The molecule has 1 fully saturated rings. The fourth-order valence-electron chi connectivity index (χ4n) is 2.05. The van der Waals surface area contributed by atoms with Crippen LogP contribution in [0.15, 0.2) is 18.2 Å². The molecule has 1 aliphatic rings. The predicted octanol–water partition coefficient (Wildman–Crippen LogP) is 1.48. The second-order valence-electron chi connectivity index (χ2n) is 4.87. The number of aliphatic carboxylic acids is 1. The maximum absolute atomic E-state index is 13.7. The summed E-state index contributed by atoms with van der Waals surface area (Å²) in [6, 6.07) is 2.96. The van der Waals surface area contributed by atoms with Gasteiger partial charge in [0.05, 0.1) is 17.5 Å². The van der Waals surface area contributed by atoms with Gasteiger partial charge in [0, 0.05) is 0 Å². The molecule has 1 N–H and O–H groups in total. The van der Waals surface area contributed by atoms with Crippen LogP contribution >= 0.6 is 0 Å². The first-order valence-electron chi connectivity index (χ1n) is 5.97. The summed E-state index contributed by atoms with van der Waals surface area (Å²) < 4.78 is 28.1. The molecule has 0 unspecified atom stereocenters. The van der Waals surface area contributed by atoms with Crippen molar-refractivity contribution in [1.29, 1.82) is 0 Å². The van der Waals surface area contributed by atoms with E-state index in [1.807, 2.05) is 0 Å². The summed E-state index contributed by atoms with van der Waals surface area (Å²) >= 11 is 0. The number of carboxylic acid groups (broad SMARTS) is 1. The number of benzene rings is 1. The molecule has 0 bridgehead atoms. The third-order valence-electron chi connectivity index (χ3n) is 3.46. The second-order valence-corrected chi connectivity index (χ2v) is 4.87. The Hall–Kier alpha value is -2.38. The van der Waals surface area contributed by atoms with Gasteiger partial charge in [0.2, 0.25) is 0 Å². The van der Waals surface area contributed by atoms with E-state index in [2.05, 4.69) is 15.5 Å². The van der Waals surface area contributed by atoms with E-state index in [-0.39, 0.29) is 17.9 Å². The van der Waals surface area contributed by atoms with Gasteiger partial charge in [-0.05, 0) is 41.5 Å². The van der Waals surface area contributed by atoms with Gasteiger partial charge in [-0.1, -0.05) is 0 Å². The zero-order valence-electron chi connectivity index (χ0n) is 10.3. The number of carbonyl (C=O) groups is 1. The number of halogens is 2. The van der Waals surface area contributed by atoms with Crippen LogP contribution < -0.4 is 0 Å². The van der Waals surface area contributed by atoms with E-state index in [1.54, 1.807) is 0 Å². The number of carboxylic acids is 1. The van der Waals surface area contributed by atoms with Gasteiger partial charge in [-0.15, -0.1) is 5.10 Å². The molecule has 0 aliphatic heterocycles. The van der Waals surface area contributed by atoms with Gasteiger partial charge < -0.3 is 5.11 Å². The molecule has 1 heterocycles. The molecule has 3 rings (SSSR count). The first-order valence-corrected chi connectivity index (χ1v) is 5.97. The summed E-state index contributed by atoms with van der Waals surface area (Å²) in [5.74, 6) is -2.19. The van der Waals surface area contributed by atoms with Gasteiger partial charge in [-0.3, -0.25) is 4.79 Å². The van der Waals surface area contributed by atoms with Crippen molar-refractivity contribution < 1.29 is 18.7 Å². The third-order valence-corrected chi connectivity index (χ3v) is 3.46. The SMILES string of the molecule is O=C(O)C1(Cn2nnnc2-c2cc(F)ccc2F)CC1. The molecule has 0 spiro atoms. The topological polar surface area (TPSA) is 80.9 Å². The van der Waals surface area contributed by atoms with Gasteiger partial charge in [0.15, 0.2) is 5.82 Å². The van der Waals surface area contributed by atoms with Gasteiger partial charge in [-0.2, -0.15) is 0 Å². The average Bonchev–Trinajstić information content (AvgIpc) is 3.05. The van der Waals surface area contributed by atoms with Crippen LogP contribution in [0.5, 0.6) is 0 Å². The Balaban J connectivity index is 1.98. The van der Waals surface area contributed by atoms with Crippen molar-refractivity contribution >= 4 is 5.97 Å². The van der Waals surface area contributed by atoms with Crippen LogP contribution in [0.25, 0.3) is 11.4 Å². The molecule has 0 saturated heterocycles. The molecule has 1 aliphatic carbocycles. The quantitative estimate of drug-likeness (QED) is 0.917. The molecule has 6 nitrogen and oxygen atoms in total. The zero-order valence-corrected chi connectivity index (χ0v) is 10.3. The summed E-state index contributed by atoms with van der Waals surface area (Å²) in [6.45, 7) is 0.0423. The zero-order chi connectivity index (χ0) is 14.3. The molecule has 1 saturated carbocycles. The van der Waals surface area contributed by atoms with Crippen LogP contribution in [0.4, 0.5) is 8.78 Å². The fourth-order valence-corrected chi connectivity index (χ4v) is 2.05. The van der Waals surface area contributed by atoms with Crippen molar-refractivity contribution in [2.45, 2.75) is 19.4 Å². The Kier molecular flexibility index (Phi) is 2.73. The van der Waals surface area contributed by atoms with Gasteiger partial charge in [-0.25, -0.2) is 13.5 Å². The summed E-state index contributed by atoms with van der Waals surface area (Å²) in [4.78, 5) is 11.2. The van der Waals surface area contributed by atoms with Crippen LogP contribution in [0.1, 0.15) is 12.8 Å². The van der Waals surface area contributed by atoms with Crippen LogP contribution in [0.2, 0.25) is 0 Å². The highest BCUT2D eigenvalue weighted by Crippen LogP contribution is 2.47. The van der Waals surface area contributed by atoms with Crippen LogP contribution in [-0.4, -0.2) is 31.3 Å². The number of hydrogen-bond acceptors (Lipinski definition) is 4. The summed E-state index contributed by atoms with van der Waals surface area (Å²) in [6.07, 6.45) is 1.04. The van der Waals surface area contributed by atoms with Crippen LogP contribution in [0.3, 0.4) is 0 Å². The van der Waals surface area contributed by atoms with Crippen molar-refractivity contribution in [2.24, 2.45) is 5.41 Å². The Labute approximate surface area is 112 Å².